The molecule has 0 N–H and O–H groups in total. The Bertz CT molecular complexity index is 905. The van der Waals surface area contributed by atoms with Crippen LogP contribution in [0.2, 0.25) is 10.0 Å². The van der Waals surface area contributed by atoms with E-state index >= 15 is 0 Å². The van der Waals surface area contributed by atoms with Gasteiger partial charge < -0.3 is 4.84 Å². The Balaban J connectivity index is 2.30. The average Bonchev–Trinajstić information content (AvgIpc) is 2.97. The Morgan fingerprint density at radius 2 is 1.92 bits per heavy atom. The summed E-state index contributed by atoms with van der Waals surface area (Å²) < 4.78 is 1.74. The van der Waals surface area contributed by atoms with Gasteiger partial charge in [-0.15, -0.1) is 0 Å². The maximum atomic E-state index is 6.46. The van der Waals surface area contributed by atoms with E-state index in [2.05, 4.69) is 13.8 Å². The topological polar surface area (TPSA) is 39.9 Å². The molecule has 3 aromatic rings. The molecule has 0 spiro atoms. The minimum atomic E-state index is 0.566. The third kappa shape index (κ3) is 3.46. The highest BCUT2D eigenvalue weighted by Crippen LogP contribution is 2.34. The lowest BCUT2D eigenvalue weighted by atomic mass is 10.1. The van der Waals surface area contributed by atoms with Crippen LogP contribution in [0.4, 0.5) is 0 Å². The van der Waals surface area contributed by atoms with Crippen LogP contribution in [0.25, 0.3) is 22.3 Å². The molecule has 3 rings (SSSR count). The van der Waals surface area contributed by atoms with Crippen molar-refractivity contribution >= 4 is 34.2 Å². The Labute approximate surface area is 157 Å². The van der Waals surface area contributed by atoms with E-state index in [9.17, 15) is 0 Å². The highest BCUT2D eigenvalue weighted by Gasteiger charge is 2.19. The zero-order chi connectivity index (χ0) is 18.0. The number of unbranched alkanes of at least 4 members (excludes halogenated alkanes) is 1. The van der Waals surface area contributed by atoms with E-state index in [1.165, 1.54) is 0 Å². The predicted molar refractivity (Wildman–Crippen MR) is 103 cm³/mol. The van der Waals surface area contributed by atoms with Crippen LogP contribution in [0.5, 0.6) is 0 Å². The molecule has 2 heterocycles. The lowest BCUT2D eigenvalue weighted by Crippen LogP contribution is -2.10. The molecule has 0 fully saturated rings. The van der Waals surface area contributed by atoms with E-state index in [-0.39, 0.29) is 0 Å². The van der Waals surface area contributed by atoms with Gasteiger partial charge in [-0.2, -0.15) is 4.73 Å². The number of aromatic nitrogens is 3. The van der Waals surface area contributed by atoms with Crippen molar-refractivity contribution in [3.8, 4) is 11.3 Å². The van der Waals surface area contributed by atoms with Crippen LogP contribution >= 0.6 is 23.2 Å². The molecule has 0 bridgehead atoms. The number of halogens is 2. The van der Waals surface area contributed by atoms with Gasteiger partial charge in [0.15, 0.2) is 0 Å². The maximum Gasteiger partial charge on any atom is 0.145 e. The van der Waals surface area contributed by atoms with Crippen molar-refractivity contribution < 1.29 is 4.84 Å². The largest absolute Gasteiger partial charge is 0.415 e. The second kappa shape index (κ2) is 7.63. The normalized spacial score (nSPS) is 11.2. The van der Waals surface area contributed by atoms with Gasteiger partial charge in [-0.05, 0) is 37.1 Å². The first-order valence-electron chi connectivity index (χ1n) is 8.50. The Morgan fingerprint density at radius 1 is 1.12 bits per heavy atom. The van der Waals surface area contributed by atoms with Gasteiger partial charge in [0.1, 0.15) is 24.1 Å². The summed E-state index contributed by atoms with van der Waals surface area (Å²) >= 11 is 12.5. The van der Waals surface area contributed by atoms with Gasteiger partial charge in [0.2, 0.25) is 0 Å². The summed E-state index contributed by atoms with van der Waals surface area (Å²) in [5, 5.41) is 1.16. The molecule has 0 aliphatic carbocycles. The third-order valence-corrected chi connectivity index (χ3v) is 4.73. The Kier molecular flexibility index (Phi) is 5.50. The van der Waals surface area contributed by atoms with Crippen molar-refractivity contribution in [2.75, 3.05) is 7.11 Å². The first-order valence-corrected chi connectivity index (χ1v) is 9.25. The molecule has 0 saturated heterocycles. The lowest BCUT2D eigenvalue weighted by molar-refractivity contribution is 0.169. The molecular weight excluding hydrogens is 357 g/mol. The van der Waals surface area contributed by atoms with Gasteiger partial charge in [0.05, 0.1) is 10.5 Å². The van der Waals surface area contributed by atoms with Crippen molar-refractivity contribution in [3.05, 3.63) is 45.8 Å². The molecule has 0 unspecified atom stereocenters. The molecule has 0 aliphatic heterocycles. The van der Waals surface area contributed by atoms with E-state index in [4.69, 9.17) is 38.0 Å². The van der Waals surface area contributed by atoms with Crippen LogP contribution in [-0.2, 0) is 12.8 Å². The number of pyridine rings is 1. The van der Waals surface area contributed by atoms with Crippen LogP contribution in [0.3, 0.4) is 0 Å². The second-order valence-corrected chi connectivity index (χ2v) is 6.76. The molecule has 6 heteroatoms. The number of benzene rings is 1. The van der Waals surface area contributed by atoms with Gasteiger partial charge in [-0.1, -0.05) is 43.5 Å². The van der Waals surface area contributed by atoms with E-state index < -0.39 is 0 Å². The first-order chi connectivity index (χ1) is 12.1. The van der Waals surface area contributed by atoms with E-state index in [1.54, 1.807) is 17.9 Å². The van der Waals surface area contributed by atoms with Crippen LogP contribution in [0.1, 0.15) is 38.2 Å². The van der Waals surface area contributed by atoms with E-state index in [1.807, 2.05) is 18.2 Å². The number of rotatable bonds is 6. The summed E-state index contributed by atoms with van der Waals surface area (Å²) in [6, 6.07) is 7.50. The number of hydrogen-bond acceptors (Lipinski definition) is 3. The molecule has 0 atom stereocenters. The van der Waals surface area contributed by atoms with Crippen molar-refractivity contribution in [1.29, 1.82) is 0 Å². The summed E-state index contributed by atoms with van der Waals surface area (Å²) in [4.78, 5) is 15.2. The molecule has 0 amide bonds. The van der Waals surface area contributed by atoms with Crippen molar-refractivity contribution in [3.63, 3.8) is 0 Å². The highest BCUT2D eigenvalue weighted by atomic mass is 35.5. The summed E-state index contributed by atoms with van der Waals surface area (Å²) in [7, 11) is 1.64. The molecular formula is C19H21Cl2N3O. The van der Waals surface area contributed by atoms with Crippen LogP contribution in [-0.4, -0.2) is 21.8 Å². The summed E-state index contributed by atoms with van der Waals surface area (Å²) in [5.74, 6) is 0.860. The zero-order valence-electron chi connectivity index (χ0n) is 14.6. The maximum absolute atomic E-state index is 6.46. The van der Waals surface area contributed by atoms with Crippen molar-refractivity contribution in [1.82, 2.24) is 14.7 Å². The molecule has 4 nitrogen and oxygen atoms in total. The minimum Gasteiger partial charge on any atom is -0.415 e. The number of fused-ring (bicyclic) bond motifs is 1. The molecule has 0 saturated carbocycles. The minimum absolute atomic E-state index is 0.566. The molecule has 0 radical (unpaired) electrons. The quantitative estimate of drug-likeness (QED) is 0.579. The molecule has 0 aliphatic rings. The first kappa shape index (κ1) is 18.0. The van der Waals surface area contributed by atoms with Crippen LogP contribution < -0.4 is 4.84 Å². The highest BCUT2D eigenvalue weighted by molar-refractivity contribution is 6.36. The van der Waals surface area contributed by atoms with Crippen LogP contribution in [0, 0.1) is 0 Å². The zero-order valence-corrected chi connectivity index (χ0v) is 16.2. The summed E-state index contributed by atoms with van der Waals surface area (Å²) in [6.45, 7) is 4.22. The smallest absolute Gasteiger partial charge is 0.145 e. The van der Waals surface area contributed by atoms with Gasteiger partial charge in [0, 0.05) is 22.7 Å². The van der Waals surface area contributed by atoms with Gasteiger partial charge in [-0.25, -0.2) is 4.98 Å². The standard InChI is InChI=1S/C19H21Cl2N3O/c1-4-6-7-13-11-16-19(24(25-3)17(5-2)23-16)18(22-13)14-9-8-12(20)10-15(14)21/h8-11H,4-7H2,1-3H3. The molecule has 2 aromatic heterocycles. The number of hydrogen-bond donors (Lipinski definition) is 0. The summed E-state index contributed by atoms with van der Waals surface area (Å²) in [6.07, 6.45) is 3.87. The Hall–Kier alpha value is -1.78. The third-order valence-electron chi connectivity index (χ3n) is 4.18. The fourth-order valence-electron chi connectivity index (χ4n) is 2.95. The van der Waals surface area contributed by atoms with E-state index in [0.29, 0.717) is 10.0 Å². The van der Waals surface area contributed by atoms with E-state index in [0.717, 1.165) is 59.5 Å². The fourth-order valence-corrected chi connectivity index (χ4v) is 3.45. The number of nitrogens with zero attached hydrogens (tertiary/aromatic N) is 3. The Morgan fingerprint density at radius 3 is 2.56 bits per heavy atom. The van der Waals surface area contributed by atoms with Crippen molar-refractivity contribution in [2.24, 2.45) is 0 Å². The van der Waals surface area contributed by atoms with Crippen LogP contribution in [0.15, 0.2) is 24.3 Å². The summed E-state index contributed by atoms with van der Waals surface area (Å²) in [5.41, 5.74) is 4.33. The van der Waals surface area contributed by atoms with Gasteiger partial charge in [0.25, 0.3) is 0 Å². The predicted octanol–water partition coefficient (Wildman–Crippen LogP) is 5.37. The SMILES string of the molecule is CCCCc1cc2nc(CC)n(OC)c2c(-c2ccc(Cl)cc2Cl)n1. The fraction of sp³-hybridized carbons (Fsp3) is 0.368. The average molecular weight is 378 g/mol. The number of aryl methyl sites for hydroxylation is 2. The molecule has 1 aromatic carbocycles. The monoisotopic (exact) mass is 377 g/mol. The van der Waals surface area contributed by atoms with Gasteiger partial charge in [-0.3, -0.25) is 4.98 Å². The second-order valence-electron chi connectivity index (χ2n) is 5.92. The lowest BCUT2D eigenvalue weighted by Gasteiger charge is -2.11. The van der Waals surface area contributed by atoms with Gasteiger partial charge >= 0.3 is 0 Å². The molecule has 132 valence electrons. The number of imidazole rings is 1. The molecule has 25 heavy (non-hydrogen) atoms. The van der Waals surface area contributed by atoms with Crippen molar-refractivity contribution in [2.45, 2.75) is 39.5 Å².